The molecule has 0 aromatic heterocycles. The Morgan fingerprint density at radius 2 is 1.86 bits per heavy atom. The van der Waals surface area contributed by atoms with Gasteiger partial charge in [-0.15, -0.1) is 0 Å². The highest BCUT2D eigenvalue weighted by molar-refractivity contribution is 5.79. The van der Waals surface area contributed by atoms with Gasteiger partial charge in [0, 0.05) is 20.1 Å². The number of rotatable bonds is 8. The van der Waals surface area contributed by atoms with Gasteiger partial charge in [-0.1, -0.05) is 30.3 Å². The summed E-state index contributed by atoms with van der Waals surface area (Å²) in [5.41, 5.74) is 1.87. The third-order valence-electron chi connectivity index (χ3n) is 3.86. The summed E-state index contributed by atoms with van der Waals surface area (Å²) in [6.07, 6.45) is -3.60. The van der Waals surface area contributed by atoms with Gasteiger partial charge < -0.3 is 20.1 Å². The molecule has 28 heavy (non-hydrogen) atoms. The Labute approximate surface area is 162 Å². The maximum absolute atomic E-state index is 12.3. The molecule has 2 aromatic rings. The molecule has 0 aliphatic heterocycles. The van der Waals surface area contributed by atoms with E-state index in [4.69, 9.17) is 9.47 Å². The standard InChI is InChI=1S/C20H24F3N3O2/c1-24-19(25-11-10-16-7-3-4-9-18(16)27-2)26-13-15-6-5-8-17(12-15)28-14-20(21,22)23/h3-9,12H,10-11,13-14H2,1-2H3,(H2,24,25,26). The maximum atomic E-state index is 12.3. The smallest absolute Gasteiger partial charge is 0.422 e. The summed E-state index contributed by atoms with van der Waals surface area (Å²) in [5.74, 6) is 1.61. The molecule has 0 atom stereocenters. The van der Waals surface area contributed by atoms with Crippen molar-refractivity contribution in [1.29, 1.82) is 0 Å². The fourth-order valence-corrected chi connectivity index (χ4v) is 2.54. The summed E-state index contributed by atoms with van der Waals surface area (Å²) in [6, 6.07) is 14.3. The van der Waals surface area contributed by atoms with Crippen LogP contribution in [0, 0.1) is 0 Å². The molecule has 0 fully saturated rings. The van der Waals surface area contributed by atoms with Crippen molar-refractivity contribution in [3.8, 4) is 11.5 Å². The third kappa shape index (κ3) is 7.38. The first-order valence-electron chi connectivity index (χ1n) is 8.76. The van der Waals surface area contributed by atoms with Gasteiger partial charge >= 0.3 is 6.18 Å². The van der Waals surface area contributed by atoms with Crippen LogP contribution in [0.25, 0.3) is 0 Å². The number of methoxy groups -OCH3 is 1. The second kappa shape index (κ2) is 10.4. The minimum atomic E-state index is -4.36. The van der Waals surface area contributed by atoms with Crippen LogP contribution in [0.2, 0.25) is 0 Å². The van der Waals surface area contributed by atoms with Crippen LogP contribution < -0.4 is 20.1 Å². The van der Waals surface area contributed by atoms with Gasteiger partial charge in [0.25, 0.3) is 0 Å². The van der Waals surface area contributed by atoms with Crippen molar-refractivity contribution in [3.05, 3.63) is 59.7 Å². The SMILES string of the molecule is CN=C(NCCc1ccccc1OC)NCc1cccc(OCC(F)(F)F)c1. The molecule has 0 heterocycles. The summed E-state index contributed by atoms with van der Waals surface area (Å²) in [6.45, 7) is -0.262. The van der Waals surface area contributed by atoms with Gasteiger partial charge in [-0.05, 0) is 35.7 Å². The lowest BCUT2D eigenvalue weighted by Gasteiger charge is -2.14. The molecule has 0 saturated carbocycles. The quantitative estimate of drug-likeness (QED) is 0.530. The molecule has 2 aromatic carbocycles. The summed E-state index contributed by atoms with van der Waals surface area (Å²) in [4.78, 5) is 4.15. The first-order chi connectivity index (χ1) is 13.4. The van der Waals surface area contributed by atoms with E-state index in [1.165, 1.54) is 6.07 Å². The molecule has 0 aliphatic carbocycles. The van der Waals surface area contributed by atoms with E-state index in [9.17, 15) is 13.2 Å². The van der Waals surface area contributed by atoms with Gasteiger partial charge in [0.05, 0.1) is 7.11 Å². The van der Waals surface area contributed by atoms with Crippen molar-refractivity contribution < 1.29 is 22.6 Å². The largest absolute Gasteiger partial charge is 0.496 e. The van der Waals surface area contributed by atoms with E-state index in [2.05, 4.69) is 15.6 Å². The molecule has 0 radical (unpaired) electrons. The van der Waals surface area contributed by atoms with Gasteiger partial charge in [0.2, 0.25) is 0 Å². The van der Waals surface area contributed by atoms with E-state index < -0.39 is 12.8 Å². The second-order valence-electron chi connectivity index (χ2n) is 5.97. The highest BCUT2D eigenvalue weighted by Gasteiger charge is 2.28. The number of para-hydroxylation sites is 1. The maximum Gasteiger partial charge on any atom is 0.422 e. The van der Waals surface area contributed by atoms with Crippen molar-refractivity contribution in [2.75, 3.05) is 27.3 Å². The second-order valence-corrected chi connectivity index (χ2v) is 5.97. The number of alkyl halides is 3. The van der Waals surface area contributed by atoms with Crippen molar-refractivity contribution in [2.24, 2.45) is 4.99 Å². The van der Waals surface area contributed by atoms with Crippen LogP contribution in [0.3, 0.4) is 0 Å². The highest BCUT2D eigenvalue weighted by atomic mass is 19.4. The van der Waals surface area contributed by atoms with Crippen LogP contribution in [-0.2, 0) is 13.0 Å². The molecule has 5 nitrogen and oxygen atoms in total. The summed E-state index contributed by atoms with van der Waals surface area (Å²) < 4.78 is 46.9. The molecular formula is C20H24F3N3O2. The molecule has 2 N–H and O–H groups in total. The Hall–Kier alpha value is -2.90. The molecule has 152 valence electrons. The number of hydrogen-bond acceptors (Lipinski definition) is 3. The fraction of sp³-hybridized carbons (Fsp3) is 0.350. The third-order valence-corrected chi connectivity index (χ3v) is 3.86. The zero-order valence-corrected chi connectivity index (χ0v) is 15.8. The summed E-state index contributed by atoms with van der Waals surface area (Å²) in [5, 5.41) is 6.33. The zero-order valence-electron chi connectivity index (χ0n) is 15.8. The number of halogens is 3. The van der Waals surface area contributed by atoms with E-state index in [1.54, 1.807) is 32.4 Å². The Balaban J connectivity index is 1.82. The number of nitrogens with one attached hydrogen (secondary N) is 2. The molecule has 0 spiro atoms. The first kappa shape index (κ1) is 21.4. The van der Waals surface area contributed by atoms with E-state index in [-0.39, 0.29) is 5.75 Å². The molecular weight excluding hydrogens is 371 g/mol. The van der Waals surface area contributed by atoms with E-state index in [0.717, 1.165) is 23.3 Å². The minimum Gasteiger partial charge on any atom is -0.496 e. The lowest BCUT2D eigenvalue weighted by molar-refractivity contribution is -0.153. The van der Waals surface area contributed by atoms with Crippen molar-refractivity contribution in [2.45, 2.75) is 19.1 Å². The van der Waals surface area contributed by atoms with E-state index >= 15 is 0 Å². The van der Waals surface area contributed by atoms with E-state index in [0.29, 0.717) is 19.0 Å². The Morgan fingerprint density at radius 1 is 1.07 bits per heavy atom. The van der Waals surface area contributed by atoms with Crippen molar-refractivity contribution in [3.63, 3.8) is 0 Å². The van der Waals surface area contributed by atoms with Crippen LogP contribution in [0.1, 0.15) is 11.1 Å². The Morgan fingerprint density at radius 3 is 2.57 bits per heavy atom. The van der Waals surface area contributed by atoms with Gasteiger partial charge in [0.15, 0.2) is 12.6 Å². The number of aliphatic imine (C=N–C) groups is 1. The molecule has 8 heteroatoms. The van der Waals surface area contributed by atoms with Gasteiger partial charge in [-0.25, -0.2) is 0 Å². The van der Waals surface area contributed by atoms with Crippen molar-refractivity contribution >= 4 is 5.96 Å². The lowest BCUT2D eigenvalue weighted by atomic mass is 10.1. The Bertz CT molecular complexity index is 779. The topological polar surface area (TPSA) is 54.9 Å². The molecule has 0 amide bonds. The number of guanidine groups is 1. The minimum absolute atomic E-state index is 0.177. The van der Waals surface area contributed by atoms with Gasteiger partial charge in [-0.3, -0.25) is 4.99 Å². The van der Waals surface area contributed by atoms with Crippen LogP contribution in [-0.4, -0.2) is 39.4 Å². The average molecular weight is 395 g/mol. The predicted octanol–water partition coefficient (Wildman–Crippen LogP) is 3.54. The average Bonchev–Trinajstić information content (AvgIpc) is 2.69. The lowest BCUT2D eigenvalue weighted by Crippen LogP contribution is -2.37. The first-order valence-corrected chi connectivity index (χ1v) is 8.76. The number of benzene rings is 2. The van der Waals surface area contributed by atoms with Crippen LogP contribution in [0.5, 0.6) is 11.5 Å². The number of hydrogen-bond donors (Lipinski definition) is 2. The molecule has 0 bridgehead atoms. The van der Waals surface area contributed by atoms with E-state index in [1.807, 2.05) is 24.3 Å². The fourth-order valence-electron chi connectivity index (χ4n) is 2.54. The molecule has 0 unspecified atom stereocenters. The molecule has 0 aliphatic rings. The van der Waals surface area contributed by atoms with Crippen LogP contribution in [0.15, 0.2) is 53.5 Å². The summed E-state index contributed by atoms with van der Waals surface area (Å²) in [7, 11) is 3.29. The molecule has 2 rings (SSSR count). The number of nitrogens with zero attached hydrogens (tertiary/aromatic N) is 1. The monoisotopic (exact) mass is 395 g/mol. The molecule has 0 saturated heterocycles. The van der Waals surface area contributed by atoms with Crippen molar-refractivity contribution in [1.82, 2.24) is 10.6 Å². The zero-order chi connectivity index (χ0) is 20.4. The van der Waals surface area contributed by atoms with Crippen LogP contribution >= 0.6 is 0 Å². The highest BCUT2D eigenvalue weighted by Crippen LogP contribution is 2.19. The van der Waals surface area contributed by atoms with Gasteiger partial charge in [-0.2, -0.15) is 13.2 Å². The normalized spacial score (nSPS) is 11.8. The number of ether oxygens (including phenoxy) is 2. The predicted molar refractivity (Wildman–Crippen MR) is 103 cm³/mol. The summed E-state index contributed by atoms with van der Waals surface area (Å²) >= 11 is 0. The van der Waals surface area contributed by atoms with Crippen LogP contribution in [0.4, 0.5) is 13.2 Å². The Kier molecular flexibility index (Phi) is 7.98. The van der Waals surface area contributed by atoms with Gasteiger partial charge in [0.1, 0.15) is 11.5 Å².